The zero-order chi connectivity index (χ0) is 15.0. The number of rotatable bonds is 9. The van der Waals surface area contributed by atoms with Gasteiger partial charge >= 0.3 is 0 Å². The summed E-state index contributed by atoms with van der Waals surface area (Å²) in [6, 6.07) is 3.33. The number of ether oxygens (including phenoxy) is 1. The second kappa shape index (κ2) is 9.49. The summed E-state index contributed by atoms with van der Waals surface area (Å²) in [4.78, 5) is 11.8. The number of alkyl halides is 1. The fourth-order valence-electron chi connectivity index (χ4n) is 1.79. The van der Waals surface area contributed by atoms with E-state index < -0.39 is 0 Å². The average molecular weight is 338 g/mol. The summed E-state index contributed by atoms with van der Waals surface area (Å²) >= 11 is 17.8. The topological polar surface area (TPSA) is 26.3 Å². The molecule has 0 spiro atoms. The lowest BCUT2D eigenvalue weighted by molar-refractivity contribution is 0.0989. The molecule has 0 unspecified atom stereocenters. The highest BCUT2D eigenvalue weighted by Crippen LogP contribution is 2.35. The Labute approximate surface area is 135 Å². The number of halogens is 3. The van der Waals surface area contributed by atoms with Crippen molar-refractivity contribution in [2.24, 2.45) is 0 Å². The van der Waals surface area contributed by atoms with Gasteiger partial charge in [-0.2, -0.15) is 0 Å². The van der Waals surface area contributed by atoms with Gasteiger partial charge in [-0.25, -0.2) is 0 Å². The first kappa shape index (κ1) is 17.6. The molecule has 0 fully saturated rings. The largest absolute Gasteiger partial charge is 0.492 e. The zero-order valence-electron chi connectivity index (χ0n) is 11.6. The minimum atomic E-state index is -0.110. The highest BCUT2D eigenvalue weighted by molar-refractivity contribution is 6.44. The number of carbonyl (C=O) groups excluding carboxylic acids is 1. The fourth-order valence-corrected chi connectivity index (χ4v) is 2.44. The summed E-state index contributed by atoms with van der Waals surface area (Å²) in [7, 11) is 0. The lowest BCUT2D eigenvalue weighted by Crippen LogP contribution is -2.03. The van der Waals surface area contributed by atoms with Crippen LogP contribution in [0.4, 0.5) is 0 Å². The van der Waals surface area contributed by atoms with E-state index in [1.54, 1.807) is 12.1 Å². The summed E-state index contributed by atoms with van der Waals surface area (Å²) in [5.74, 6) is 0.680. The number of carbonyl (C=O) groups is 1. The van der Waals surface area contributed by atoms with Crippen LogP contribution in [0.25, 0.3) is 0 Å². The lowest BCUT2D eigenvalue weighted by Gasteiger charge is -2.11. The van der Waals surface area contributed by atoms with E-state index in [0.717, 1.165) is 12.8 Å². The summed E-state index contributed by atoms with van der Waals surface area (Å²) < 4.78 is 5.61. The van der Waals surface area contributed by atoms with Crippen molar-refractivity contribution >= 4 is 40.6 Å². The maximum absolute atomic E-state index is 11.8. The van der Waals surface area contributed by atoms with E-state index in [0.29, 0.717) is 22.9 Å². The van der Waals surface area contributed by atoms with Gasteiger partial charge in [-0.15, -0.1) is 11.6 Å². The number of ketones is 1. The van der Waals surface area contributed by atoms with Crippen molar-refractivity contribution in [1.29, 1.82) is 0 Å². The first-order chi connectivity index (χ1) is 9.61. The van der Waals surface area contributed by atoms with Crippen molar-refractivity contribution in [3.05, 3.63) is 27.7 Å². The van der Waals surface area contributed by atoms with Gasteiger partial charge in [-0.3, -0.25) is 4.79 Å². The van der Waals surface area contributed by atoms with E-state index in [1.165, 1.54) is 12.8 Å². The molecule has 0 saturated carbocycles. The molecule has 1 aromatic rings. The molecule has 0 aliphatic rings. The second-order valence-electron chi connectivity index (χ2n) is 4.51. The highest BCUT2D eigenvalue weighted by atomic mass is 35.5. The monoisotopic (exact) mass is 336 g/mol. The highest BCUT2D eigenvalue weighted by Gasteiger charge is 2.16. The molecule has 0 radical (unpaired) electrons. The molecule has 0 saturated heterocycles. The first-order valence-electron chi connectivity index (χ1n) is 6.81. The third kappa shape index (κ3) is 5.16. The Morgan fingerprint density at radius 2 is 1.90 bits per heavy atom. The molecule has 0 N–H and O–H groups in total. The Kier molecular flexibility index (Phi) is 8.35. The van der Waals surface area contributed by atoms with Crippen molar-refractivity contribution in [3.8, 4) is 5.75 Å². The third-order valence-corrected chi connectivity index (χ3v) is 3.98. The number of benzene rings is 1. The molecule has 0 aromatic heterocycles. The molecular weight excluding hydrogens is 319 g/mol. The van der Waals surface area contributed by atoms with Crippen LogP contribution in [-0.2, 0) is 0 Å². The SMILES string of the molecule is CCCCCCOc1ccc(C(=O)CCCl)c(Cl)c1Cl. The van der Waals surface area contributed by atoms with Crippen molar-refractivity contribution in [1.82, 2.24) is 0 Å². The quantitative estimate of drug-likeness (QED) is 0.325. The van der Waals surface area contributed by atoms with Crippen molar-refractivity contribution in [2.45, 2.75) is 39.0 Å². The molecule has 112 valence electrons. The van der Waals surface area contributed by atoms with E-state index in [4.69, 9.17) is 39.5 Å². The average Bonchev–Trinajstić information content (AvgIpc) is 2.43. The number of unbranched alkanes of at least 4 members (excludes halogenated alkanes) is 3. The van der Waals surface area contributed by atoms with E-state index in [9.17, 15) is 4.79 Å². The Morgan fingerprint density at radius 3 is 2.55 bits per heavy atom. The minimum Gasteiger partial charge on any atom is -0.492 e. The van der Waals surface area contributed by atoms with Gasteiger partial charge in [0.25, 0.3) is 0 Å². The predicted octanol–water partition coefficient (Wildman–Crippen LogP) is 5.76. The summed E-state index contributed by atoms with van der Waals surface area (Å²) in [5, 5.41) is 0.537. The predicted molar refractivity (Wildman–Crippen MR) is 85.8 cm³/mol. The van der Waals surface area contributed by atoms with Gasteiger partial charge in [0.15, 0.2) is 5.78 Å². The number of hydrogen-bond acceptors (Lipinski definition) is 2. The second-order valence-corrected chi connectivity index (χ2v) is 5.64. The molecular formula is C15H19Cl3O2. The zero-order valence-corrected chi connectivity index (χ0v) is 13.8. The van der Waals surface area contributed by atoms with E-state index >= 15 is 0 Å². The van der Waals surface area contributed by atoms with Crippen LogP contribution < -0.4 is 4.74 Å². The van der Waals surface area contributed by atoms with Gasteiger partial charge in [0.1, 0.15) is 10.8 Å². The van der Waals surface area contributed by atoms with Gasteiger partial charge < -0.3 is 4.74 Å². The molecule has 2 nitrogen and oxygen atoms in total. The molecule has 0 aliphatic carbocycles. The summed E-state index contributed by atoms with van der Waals surface area (Å²) in [5.41, 5.74) is 0.399. The number of hydrogen-bond donors (Lipinski definition) is 0. The van der Waals surface area contributed by atoms with Gasteiger partial charge in [0.2, 0.25) is 0 Å². The van der Waals surface area contributed by atoms with E-state index in [-0.39, 0.29) is 23.1 Å². The first-order valence-corrected chi connectivity index (χ1v) is 8.10. The Morgan fingerprint density at radius 1 is 1.15 bits per heavy atom. The van der Waals surface area contributed by atoms with Gasteiger partial charge in [0.05, 0.1) is 11.6 Å². The van der Waals surface area contributed by atoms with Gasteiger partial charge in [-0.05, 0) is 18.6 Å². The van der Waals surface area contributed by atoms with Crippen LogP contribution in [0, 0.1) is 0 Å². The van der Waals surface area contributed by atoms with Crippen LogP contribution in [0.2, 0.25) is 10.0 Å². The fraction of sp³-hybridized carbons (Fsp3) is 0.533. The number of Topliss-reactive ketones (excluding diaryl/α,β-unsaturated/α-hetero) is 1. The Hall–Kier alpha value is -0.440. The molecule has 20 heavy (non-hydrogen) atoms. The third-order valence-electron chi connectivity index (χ3n) is 2.92. The van der Waals surface area contributed by atoms with Gasteiger partial charge in [-0.1, -0.05) is 49.4 Å². The van der Waals surface area contributed by atoms with E-state index in [2.05, 4.69) is 6.92 Å². The molecule has 0 atom stereocenters. The maximum Gasteiger partial charge on any atom is 0.165 e. The smallest absolute Gasteiger partial charge is 0.165 e. The van der Waals surface area contributed by atoms with E-state index in [1.807, 2.05) is 0 Å². The van der Waals surface area contributed by atoms with Crippen LogP contribution in [0.15, 0.2) is 12.1 Å². The standard InChI is InChI=1S/C15H19Cl3O2/c1-2-3-4-5-10-20-13-7-6-11(12(19)8-9-16)14(17)15(13)18/h6-7H,2-5,8-10H2,1H3. The van der Waals surface area contributed by atoms with Crippen molar-refractivity contribution in [2.75, 3.05) is 12.5 Å². The van der Waals surface area contributed by atoms with Crippen molar-refractivity contribution < 1.29 is 9.53 Å². The minimum absolute atomic E-state index is 0.110. The Bertz CT molecular complexity index is 447. The van der Waals surface area contributed by atoms with Crippen LogP contribution >= 0.6 is 34.8 Å². The molecule has 1 aromatic carbocycles. The summed E-state index contributed by atoms with van der Waals surface area (Å²) in [6.45, 7) is 2.76. The molecule has 0 bridgehead atoms. The Balaban J connectivity index is 2.66. The summed E-state index contributed by atoms with van der Waals surface area (Å²) in [6.07, 6.45) is 4.74. The van der Waals surface area contributed by atoms with Crippen LogP contribution in [-0.4, -0.2) is 18.3 Å². The molecule has 0 heterocycles. The molecule has 0 amide bonds. The van der Waals surface area contributed by atoms with Gasteiger partial charge in [0, 0.05) is 17.9 Å². The van der Waals surface area contributed by atoms with Crippen LogP contribution in [0.5, 0.6) is 5.75 Å². The lowest BCUT2D eigenvalue weighted by atomic mass is 10.1. The van der Waals surface area contributed by atoms with Crippen molar-refractivity contribution in [3.63, 3.8) is 0 Å². The molecule has 1 rings (SSSR count). The van der Waals surface area contributed by atoms with Crippen LogP contribution in [0.1, 0.15) is 49.4 Å². The maximum atomic E-state index is 11.8. The normalized spacial score (nSPS) is 10.6. The van der Waals surface area contributed by atoms with Crippen LogP contribution in [0.3, 0.4) is 0 Å². The molecule has 0 aliphatic heterocycles. The molecule has 5 heteroatoms.